The highest BCUT2D eigenvalue weighted by Gasteiger charge is 2.38. The fourth-order valence-electron chi connectivity index (χ4n) is 1.49. The molecule has 0 atom stereocenters. The second-order valence-electron chi connectivity index (χ2n) is 4.22. The molecule has 1 amide bonds. The van der Waals surface area contributed by atoms with Gasteiger partial charge in [0.2, 0.25) is 11.7 Å². The van der Waals surface area contributed by atoms with Crippen LogP contribution in [0.3, 0.4) is 0 Å². The van der Waals surface area contributed by atoms with Gasteiger partial charge in [-0.3, -0.25) is 14.6 Å². The van der Waals surface area contributed by atoms with E-state index in [4.69, 9.17) is 4.84 Å². The Morgan fingerprint density at radius 2 is 2.14 bits per heavy atom. The van der Waals surface area contributed by atoms with Gasteiger partial charge in [0.1, 0.15) is 5.69 Å². The molecule has 7 nitrogen and oxygen atoms in total. The molecule has 0 aliphatic rings. The van der Waals surface area contributed by atoms with Gasteiger partial charge in [0.25, 0.3) is 0 Å². The maximum absolute atomic E-state index is 12.4. The SMILES string of the molecule is CON(C)C(=O)Cc1ccc(-c2noc(C(F)(F)F)n2)nc1. The van der Waals surface area contributed by atoms with Gasteiger partial charge in [-0.2, -0.15) is 18.2 Å². The molecule has 22 heavy (non-hydrogen) atoms. The maximum Gasteiger partial charge on any atom is 0.471 e. The Labute approximate surface area is 122 Å². The van der Waals surface area contributed by atoms with E-state index in [1.807, 2.05) is 0 Å². The zero-order chi connectivity index (χ0) is 16.3. The molecule has 0 aliphatic carbocycles. The van der Waals surface area contributed by atoms with Crippen LogP contribution in [0.15, 0.2) is 22.9 Å². The number of alkyl halides is 3. The first-order valence-electron chi connectivity index (χ1n) is 5.98. The van der Waals surface area contributed by atoms with Crippen LogP contribution in [0.2, 0.25) is 0 Å². The third kappa shape index (κ3) is 3.58. The fourth-order valence-corrected chi connectivity index (χ4v) is 1.49. The quantitative estimate of drug-likeness (QED) is 0.799. The van der Waals surface area contributed by atoms with E-state index in [1.165, 1.54) is 32.5 Å². The number of carbonyl (C=O) groups excluding carboxylic acids is 1. The zero-order valence-corrected chi connectivity index (χ0v) is 11.6. The molecule has 10 heteroatoms. The Hall–Kier alpha value is -2.49. The van der Waals surface area contributed by atoms with Crippen LogP contribution >= 0.6 is 0 Å². The summed E-state index contributed by atoms with van der Waals surface area (Å²) in [5.74, 6) is -2.01. The summed E-state index contributed by atoms with van der Waals surface area (Å²) in [5, 5.41) is 4.28. The highest BCUT2D eigenvalue weighted by atomic mass is 19.4. The Morgan fingerprint density at radius 1 is 1.41 bits per heavy atom. The third-order valence-corrected chi connectivity index (χ3v) is 2.70. The summed E-state index contributed by atoms with van der Waals surface area (Å²) in [4.78, 5) is 23.5. The van der Waals surface area contributed by atoms with Crippen LogP contribution < -0.4 is 0 Å². The molecule has 0 bridgehead atoms. The minimum Gasteiger partial charge on any atom is -0.329 e. The van der Waals surface area contributed by atoms with Crippen LogP contribution in [-0.4, -0.2) is 40.3 Å². The van der Waals surface area contributed by atoms with Crippen molar-refractivity contribution in [3.8, 4) is 11.5 Å². The van der Waals surface area contributed by atoms with Gasteiger partial charge in [0.05, 0.1) is 13.5 Å². The largest absolute Gasteiger partial charge is 0.471 e. The van der Waals surface area contributed by atoms with E-state index in [0.717, 1.165) is 5.06 Å². The van der Waals surface area contributed by atoms with Crippen molar-refractivity contribution >= 4 is 5.91 Å². The van der Waals surface area contributed by atoms with Crippen LogP contribution in [-0.2, 0) is 22.2 Å². The van der Waals surface area contributed by atoms with Crippen LogP contribution in [0, 0.1) is 0 Å². The zero-order valence-electron chi connectivity index (χ0n) is 11.6. The highest BCUT2D eigenvalue weighted by Crippen LogP contribution is 2.28. The molecule has 0 aliphatic heterocycles. The van der Waals surface area contributed by atoms with E-state index < -0.39 is 12.1 Å². The number of nitrogens with zero attached hydrogens (tertiary/aromatic N) is 4. The van der Waals surface area contributed by atoms with E-state index >= 15 is 0 Å². The summed E-state index contributed by atoms with van der Waals surface area (Å²) in [6.45, 7) is 0. The maximum atomic E-state index is 12.4. The lowest BCUT2D eigenvalue weighted by Gasteiger charge is -2.13. The van der Waals surface area contributed by atoms with Crippen molar-refractivity contribution in [2.75, 3.05) is 14.2 Å². The number of likely N-dealkylation sites (N-methyl/N-ethyl adjacent to an activating group) is 1. The fraction of sp³-hybridized carbons (Fsp3) is 0.333. The predicted octanol–water partition coefficient (Wildman–Crippen LogP) is 1.71. The Morgan fingerprint density at radius 3 is 2.64 bits per heavy atom. The van der Waals surface area contributed by atoms with Gasteiger partial charge in [-0.05, 0) is 11.6 Å². The Kier molecular flexibility index (Phi) is 4.40. The van der Waals surface area contributed by atoms with Crippen molar-refractivity contribution in [1.29, 1.82) is 0 Å². The van der Waals surface area contributed by atoms with Gasteiger partial charge < -0.3 is 4.52 Å². The molecular weight excluding hydrogens is 305 g/mol. The van der Waals surface area contributed by atoms with Crippen LogP contribution in [0.5, 0.6) is 0 Å². The lowest BCUT2D eigenvalue weighted by Crippen LogP contribution is -2.26. The normalized spacial score (nSPS) is 11.5. The number of aromatic nitrogens is 3. The number of rotatable bonds is 4. The van der Waals surface area contributed by atoms with Crippen LogP contribution in [0.4, 0.5) is 13.2 Å². The van der Waals surface area contributed by atoms with Gasteiger partial charge in [-0.1, -0.05) is 11.2 Å². The first-order chi connectivity index (χ1) is 10.3. The predicted molar refractivity (Wildman–Crippen MR) is 66.0 cm³/mol. The van der Waals surface area contributed by atoms with Crippen molar-refractivity contribution < 1.29 is 27.3 Å². The summed E-state index contributed by atoms with van der Waals surface area (Å²) in [5.41, 5.74) is 0.674. The number of halogens is 3. The molecule has 0 fully saturated rings. The van der Waals surface area contributed by atoms with Crippen molar-refractivity contribution in [1.82, 2.24) is 20.2 Å². The second kappa shape index (κ2) is 6.10. The van der Waals surface area contributed by atoms with Gasteiger partial charge in [0.15, 0.2) is 0 Å². The molecule has 0 spiro atoms. The Bertz CT molecular complexity index is 654. The van der Waals surface area contributed by atoms with Gasteiger partial charge in [-0.25, -0.2) is 5.06 Å². The lowest BCUT2D eigenvalue weighted by molar-refractivity contribution is -0.167. The van der Waals surface area contributed by atoms with Crippen LogP contribution in [0.1, 0.15) is 11.5 Å². The topological polar surface area (TPSA) is 81.4 Å². The van der Waals surface area contributed by atoms with Gasteiger partial charge in [0, 0.05) is 13.2 Å². The van der Waals surface area contributed by atoms with Crippen molar-refractivity contribution in [2.45, 2.75) is 12.6 Å². The molecule has 0 aromatic carbocycles. The number of hydrogen-bond donors (Lipinski definition) is 0. The minimum atomic E-state index is -4.71. The smallest absolute Gasteiger partial charge is 0.329 e. The number of amides is 1. The molecule has 2 heterocycles. The summed E-state index contributed by atoms with van der Waals surface area (Å²) in [6.07, 6.45) is -3.32. The van der Waals surface area contributed by atoms with E-state index in [2.05, 4.69) is 19.6 Å². The minimum absolute atomic E-state index is 0.0394. The number of carbonyl (C=O) groups is 1. The molecular formula is C12H11F3N4O3. The molecule has 118 valence electrons. The molecule has 2 aromatic rings. The highest BCUT2D eigenvalue weighted by molar-refractivity contribution is 5.77. The molecule has 0 radical (unpaired) electrons. The molecule has 0 saturated heterocycles. The van der Waals surface area contributed by atoms with Crippen molar-refractivity contribution in [3.63, 3.8) is 0 Å². The summed E-state index contributed by atoms with van der Waals surface area (Å²) < 4.78 is 41.2. The summed E-state index contributed by atoms with van der Waals surface area (Å²) in [7, 11) is 2.82. The molecule has 2 rings (SSSR count). The summed E-state index contributed by atoms with van der Waals surface area (Å²) >= 11 is 0. The van der Waals surface area contributed by atoms with Gasteiger partial charge >= 0.3 is 12.1 Å². The van der Waals surface area contributed by atoms with E-state index in [1.54, 1.807) is 0 Å². The Balaban J connectivity index is 2.12. The average molecular weight is 316 g/mol. The first kappa shape index (κ1) is 15.9. The van der Waals surface area contributed by atoms with Crippen molar-refractivity contribution in [3.05, 3.63) is 29.8 Å². The molecule has 0 saturated carbocycles. The lowest BCUT2D eigenvalue weighted by atomic mass is 10.2. The average Bonchev–Trinajstić information content (AvgIpc) is 2.97. The standard InChI is InChI=1S/C12H11F3N4O3/c1-19(21-2)9(20)5-7-3-4-8(16-6-7)10-17-11(22-18-10)12(13,14)15/h3-4,6H,5H2,1-2H3. The number of hydroxylamine groups is 2. The molecule has 0 unspecified atom stereocenters. The van der Waals surface area contributed by atoms with Gasteiger partial charge in [-0.15, -0.1) is 0 Å². The van der Waals surface area contributed by atoms with Crippen molar-refractivity contribution in [2.24, 2.45) is 0 Å². The van der Waals surface area contributed by atoms with Crippen LogP contribution in [0.25, 0.3) is 11.5 Å². The molecule has 2 aromatic heterocycles. The molecule has 0 N–H and O–H groups in total. The van der Waals surface area contributed by atoms with E-state index in [9.17, 15) is 18.0 Å². The van der Waals surface area contributed by atoms with E-state index in [0.29, 0.717) is 5.56 Å². The summed E-state index contributed by atoms with van der Waals surface area (Å²) in [6, 6.07) is 2.94. The monoisotopic (exact) mass is 316 g/mol. The third-order valence-electron chi connectivity index (χ3n) is 2.70. The number of pyridine rings is 1. The second-order valence-corrected chi connectivity index (χ2v) is 4.22. The number of hydrogen-bond acceptors (Lipinski definition) is 6. The van der Waals surface area contributed by atoms with E-state index in [-0.39, 0.29) is 23.8 Å². The first-order valence-corrected chi connectivity index (χ1v) is 5.98.